The van der Waals surface area contributed by atoms with E-state index in [0.29, 0.717) is 12.2 Å². The van der Waals surface area contributed by atoms with Crippen molar-refractivity contribution in [2.75, 3.05) is 11.9 Å². The Labute approximate surface area is 167 Å². The number of hydrogen-bond acceptors (Lipinski definition) is 6. The minimum atomic E-state index is 0.0478. The van der Waals surface area contributed by atoms with Crippen LogP contribution in [0.4, 0.5) is 11.5 Å². The van der Waals surface area contributed by atoms with E-state index in [1.54, 1.807) is 24.6 Å². The van der Waals surface area contributed by atoms with Crippen molar-refractivity contribution in [1.82, 2.24) is 9.97 Å². The number of ketones is 1. The molecule has 0 unspecified atom stereocenters. The lowest BCUT2D eigenvalue weighted by Gasteiger charge is -2.09. The molecule has 28 heavy (non-hydrogen) atoms. The molecule has 0 radical (unpaired) electrons. The van der Waals surface area contributed by atoms with E-state index < -0.39 is 0 Å². The largest absolute Gasteiger partial charge is 0.494 e. The van der Waals surface area contributed by atoms with Crippen molar-refractivity contribution >= 4 is 38.8 Å². The van der Waals surface area contributed by atoms with Crippen LogP contribution in [-0.2, 0) is 0 Å². The number of nitrogens with zero attached hydrogens (tertiary/aromatic N) is 2. The molecule has 0 atom stereocenters. The molecule has 4 aromatic rings. The highest BCUT2D eigenvalue weighted by Gasteiger charge is 2.13. The number of anilines is 2. The van der Waals surface area contributed by atoms with E-state index in [0.717, 1.165) is 38.6 Å². The monoisotopic (exact) mass is 389 g/mol. The average molecular weight is 389 g/mol. The summed E-state index contributed by atoms with van der Waals surface area (Å²) in [4.78, 5) is 21.3. The van der Waals surface area contributed by atoms with Crippen LogP contribution in [0.25, 0.3) is 21.3 Å². The molecular formula is C22H19N3O2S. The summed E-state index contributed by atoms with van der Waals surface area (Å²) >= 11 is 1.59. The van der Waals surface area contributed by atoms with Gasteiger partial charge in [0.15, 0.2) is 5.78 Å². The summed E-state index contributed by atoms with van der Waals surface area (Å²) in [6.45, 7) is 4.18. The molecule has 4 rings (SSSR count). The van der Waals surface area contributed by atoms with Crippen molar-refractivity contribution in [3.63, 3.8) is 0 Å². The zero-order chi connectivity index (χ0) is 19.5. The van der Waals surface area contributed by atoms with Crippen molar-refractivity contribution in [2.45, 2.75) is 13.8 Å². The highest BCUT2D eigenvalue weighted by molar-refractivity contribution is 7.17. The summed E-state index contributed by atoms with van der Waals surface area (Å²) in [5.74, 6) is 1.64. The zero-order valence-corrected chi connectivity index (χ0v) is 16.4. The number of ether oxygens (including phenoxy) is 1. The van der Waals surface area contributed by atoms with Gasteiger partial charge in [0, 0.05) is 22.2 Å². The smallest absolute Gasteiger partial charge is 0.159 e. The Balaban J connectivity index is 1.71. The molecule has 0 fully saturated rings. The Kier molecular flexibility index (Phi) is 5.04. The van der Waals surface area contributed by atoms with E-state index in [1.807, 2.05) is 55.5 Å². The molecule has 0 spiro atoms. The van der Waals surface area contributed by atoms with Gasteiger partial charge in [0.2, 0.25) is 0 Å². The molecule has 2 aromatic heterocycles. The summed E-state index contributed by atoms with van der Waals surface area (Å²) in [5, 5.41) is 6.44. The van der Waals surface area contributed by atoms with Gasteiger partial charge in [-0.15, -0.1) is 11.3 Å². The number of nitrogens with one attached hydrogen (secondary N) is 1. The van der Waals surface area contributed by atoms with E-state index in [4.69, 9.17) is 4.74 Å². The van der Waals surface area contributed by atoms with Crippen molar-refractivity contribution < 1.29 is 9.53 Å². The van der Waals surface area contributed by atoms with Crippen LogP contribution in [0.15, 0.2) is 60.2 Å². The van der Waals surface area contributed by atoms with Gasteiger partial charge in [-0.25, -0.2) is 9.97 Å². The normalized spacial score (nSPS) is 10.8. The second kappa shape index (κ2) is 7.78. The van der Waals surface area contributed by atoms with Gasteiger partial charge in [-0.3, -0.25) is 4.79 Å². The van der Waals surface area contributed by atoms with Crippen molar-refractivity contribution in [3.05, 3.63) is 65.8 Å². The topological polar surface area (TPSA) is 64.1 Å². The molecule has 6 heteroatoms. The van der Waals surface area contributed by atoms with Crippen LogP contribution < -0.4 is 10.1 Å². The number of Topliss-reactive ketones (excluding diaryl/α,β-unsaturated/α-hetero) is 1. The lowest BCUT2D eigenvalue weighted by atomic mass is 10.1. The van der Waals surface area contributed by atoms with Gasteiger partial charge in [0.05, 0.1) is 12.0 Å². The lowest BCUT2D eigenvalue weighted by Crippen LogP contribution is -1.97. The van der Waals surface area contributed by atoms with Crippen LogP contribution >= 0.6 is 11.3 Å². The fourth-order valence-corrected chi connectivity index (χ4v) is 3.92. The van der Waals surface area contributed by atoms with Gasteiger partial charge in [-0.1, -0.05) is 12.1 Å². The van der Waals surface area contributed by atoms with Crippen molar-refractivity contribution in [1.29, 1.82) is 0 Å². The molecule has 5 nitrogen and oxygen atoms in total. The fraction of sp³-hybridized carbons (Fsp3) is 0.136. The van der Waals surface area contributed by atoms with Gasteiger partial charge in [0.25, 0.3) is 0 Å². The number of aromatic nitrogens is 2. The Hall–Kier alpha value is -3.25. The maximum absolute atomic E-state index is 11.5. The third-order valence-corrected chi connectivity index (χ3v) is 5.29. The van der Waals surface area contributed by atoms with Crippen LogP contribution in [0.3, 0.4) is 0 Å². The first kappa shape index (κ1) is 18.1. The van der Waals surface area contributed by atoms with E-state index in [2.05, 4.69) is 20.7 Å². The van der Waals surface area contributed by atoms with E-state index in [9.17, 15) is 4.79 Å². The first-order valence-electron chi connectivity index (χ1n) is 8.99. The Bertz CT molecular complexity index is 1120. The molecule has 0 saturated carbocycles. The van der Waals surface area contributed by atoms with Gasteiger partial charge in [0.1, 0.15) is 22.7 Å². The summed E-state index contributed by atoms with van der Waals surface area (Å²) in [6.07, 6.45) is 1.56. The highest BCUT2D eigenvalue weighted by Crippen LogP contribution is 2.37. The van der Waals surface area contributed by atoms with Crippen LogP contribution in [-0.4, -0.2) is 22.4 Å². The van der Waals surface area contributed by atoms with E-state index in [-0.39, 0.29) is 5.78 Å². The first-order valence-corrected chi connectivity index (χ1v) is 9.87. The number of thiophene rings is 1. The summed E-state index contributed by atoms with van der Waals surface area (Å²) in [6, 6.07) is 15.4. The molecule has 0 amide bonds. The predicted molar refractivity (Wildman–Crippen MR) is 114 cm³/mol. The molecule has 0 saturated heterocycles. The number of carbonyl (C=O) groups excluding carboxylic acids is 1. The third-order valence-electron chi connectivity index (χ3n) is 4.40. The summed E-state index contributed by atoms with van der Waals surface area (Å²) in [5.41, 5.74) is 3.71. The molecule has 2 heterocycles. The number of rotatable bonds is 6. The number of hydrogen-bond donors (Lipinski definition) is 1. The Morgan fingerprint density at radius 3 is 2.50 bits per heavy atom. The third kappa shape index (κ3) is 3.59. The van der Waals surface area contributed by atoms with Gasteiger partial charge in [-0.2, -0.15) is 0 Å². The maximum atomic E-state index is 11.5. The van der Waals surface area contributed by atoms with Crippen LogP contribution in [0.1, 0.15) is 24.2 Å². The molecule has 0 aliphatic heterocycles. The van der Waals surface area contributed by atoms with Gasteiger partial charge < -0.3 is 10.1 Å². The first-order chi connectivity index (χ1) is 13.7. The SMILES string of the molecule is CCOc1ccc(-c2csc3ncnc(Nc4ccc(C(C)=O)cc4)c23)cc1. The Morgan fingerprint density at radius 1 is 1.07 bits per heavy atom. The minimum Gasteiger partial charge on any atom is -0.494 e. The molecular weight excluding hydrogens is 370 g/mol. The highest BCUT2D eigenvalue weighted by atomic mass is 32.1. The summed E-state index contributed by atoms with van der Waals surface area (Å²) in [7, 11) is 0. The molecule has 140 valence electrons. The van der Waals surface area contributed by atoms with Gasteiger partial charge >= 0.3 is 0 Å². The number of fused-ring (bicyclic) bond motifs is 1. The molecule has 0 bridgehead atoms. The van der Waals surface area contributed by atoms with Crippen LogP contribution in [0, 0.1) is 0 Å². The molecule has 1 N–H and O–H groups in total. The number of benzene rings is 2. The van der Waals surface area contributed by atoms with Crippen LogP contribution in [0.2, 0.25) is 0 Å². The van der Waals surface area contributed by atoms with E-state index >= 15 is 0 Å². The van der Waals surface area contributed by atoms with Crippen LogP contribution in [0.5, 0.6) is 5.75 Å². The average Bonchev–Trinajstić information content (AvgIpc) is 3.14. The number of carbonyl (C=O) groups is 1. The fourth-order valence-electron chi connectivity index (χ4n) is 3.00. The van der Waals surface area contributed by atoms with Crippen molar-refractivity contribution in [2.24, 2.45) is 0 Å². The predicted octanol–water partition coefficient (Wildman–Crippen LogP) is 5.70. The maximum Gasteiger partial charge on any atom is 0.159 e. The minimum absolute atomic E-state index is 0.0478. The van der Waals surface area contributed by atoms with E-state index in [1.165, 1.54) is 0 Å². The molecule has 0 aliphatic rings. The van der Waals surface area contributed by atoms with Crippen molar-refractivity contribution in [3.8, 4) is 16.9 Å². The molecule has 2 aromatic carbocycles. The van der Waals surface area contributed by atoms with Gasteiger partial charge in [-0.05, 0) is 55.8 Å². The quantitative estimate of drug-likeness (QED) is 0.428. The lowest BCUT2D eigenvalue weighted by molar-refractivity contribution is 0.101. The Morgan fingerprint density at radius 2 is 1.82 bits per heavy atom. The summed E-state index contributed by atoms with van der Waals surface area (Å²) < 4.78 is 5.54. The second-order valence-corrected chi connectivity index (χ2v) is 7.13. The molecule has 0 aliphatic carbocycles. The standard InChI is InChI=1S/C22H19N3O2S/c1-3-27-18-10-6-16(7-11-18)19-12-28-22-20(19)21(23-13-24-22)25-17-8-4-15(5-9-17)14(2)26/h4-13H,3H2,1-2H3,(H,23,24,25). The zero-order valence-electron chi connectivity index (χ0n) is 15.6. The second-order valence-electron chi connectivity index (χ2n) is 6.27.